The van der Waals surface area contributed by atoms with Crippen molar-refractivity contribution in [2.45, 2.75) is 113 Å². The molecule has 4 aromatic heterocycles. The van der Waals surface area contributed by atoms with Gasteiger partial charge in [0.15, 0.2) is 11.3 Å². The number of imide groups is 1. The highest BCUT2D eigenvalue weighted by atomic mass is 19.3. The Morgan fingerprint density at radius 1 is 0.970 bits per heavy atom. The number of aromatic nitrogens is 7. The van der Waals surface area contributed by atoms with Gasteiger partial charge >= 0.3 is 5.69 Å². The summed E-state index contributed by atoms with van der Waals surface area (Å²) in [5.41, 5.74) is 2.30. The van der Waals surface area contributed by atoms with Gasteiger partial charge in [-0.3, -0.25) is 33.5 Å². The summed E-state index contributed by atoms with van der Waals surface area (Å²) in [5, 5.41) is 13.7. The molecule has 5 aliphatic heterocycles. The van der Waals surface area contributed by atoms with Gasteiger partial charge in [-0.1, -0.05) is 6.07 Å². The fraction of sp³-hybridized carbons (Fsp3) is 0.587. The fourth-order valence-corrected chi connectivity index (χ4v) is 11.5. The number of fused-ring (bicyclic) bond motifs is 4. The number of piperidine rings is 3. The molecule has 1 saturated carbocycles. The third-order valence-electron chi connectivity index (χ3n) is 15.0. The van der Waals surface area contributed by atoms with Crippen LogP contribution in [0.25, 0.3) is 16.7 Å². The van der Waals surface area contributed by atoms with E-state index in [4.69, 9.17) is 14.5 Å². The second kappa shape index (κ2) is 17.5. The summed E-state index contributed by atoms with van der Waals surface area (Å²) in [5.74, 6) is -0.0683. The quantitative estimate of drug-likeness (QED) is 0.176. The number of para-hydroxylation sites is 1. The minimum atomic E-state index is -2.86. The summed E-state index contributed by atoms with van der Waals surface area (Å²) >= 11 is 0. The lowest BCUT2D eigenvalue weighted by Gasteiger charge is -2.39. The number of carbonyl (C=O) groups is 3. The first-order valence-electron chi connectivity index (χ1n) is 23.6. The molecular formula is C46H56F2N12O6. The predicted molar refractivity (Wildman–Crippen MR) is 239 cm³/mol. The van der Waals surface area contributed by atoms with E-state index in [0.29, 0.717) is 30.1 Å². The van der Waals surface area contributed by atoms with E-state index in [1.165, 1.54) is 15.3 Å². The minimum absolute atomic E-state index is 0.00208. The monoisotopic (exact) mass is 910 g/mol. The first-order valence-corrected chi connectivity index (χ1v) is 23.6. The van der Waals surface area contributed by atoms with E-state index in [9.17, 15) is 28.0 Å². The molecule has 3 amide bonds. The largest absolute Gasteiger partial charge is 0.375 e. The van der Waals surface area contributed by atoms with Crippen LogP contribution in [-0.2, 0) is 26.1 Å². The Morgan fingerprint density at radius 3 is 2.45 bits per heavy atom. The van der Waals surface area contributed by atoms with E-state index >= 15 is 0 Å². The Kier molecular flexibility index (Phi) is 11.4. The summed E-state index contributed by atoms with van der Waals surface area (Å²) in [6, 6.07) is 7.19. The van der Waals surface area contributed by atoms with Crippen LogP contribution in [0.4, 0.5) is 26.0 Å². The van der Waals surface area contributed by atoms with E-state index in [1.54, 1.807) is 28.7 Å². The Bertz CT molecular complexity index is 2710. The van der Waals surface area contributed by atoms with Crippen LogP contribution in [0.5, 0.6) is 0 Å². The third-order valence-corrected chi connectivity index (χ3v) is 15.0. The maximum atomic E-state index is 14.3. The van der Waals surface area contributed by atoms with Crippen molar-refractivity contribution < 1.29 is 32.6 Å². The van der Waals surface area contributed by atoms with Crippen molar-refractivity contribution >= 4 is 51.6 Å². The lowest BCUT2D eigenvalue weighted by atomic mass is 9.85. The normalized spacial score (nSPS) is 25.8. The van der Waals surface area contributed by atoms with Crippen LogP contribution in [0.3, 0.4) is 0 Å². The molecule has 11 rings (SSSR count). The Hall–Kier alpha value is -5.73. The molecule has 3 atom stereocenters. The van der Waals surface area contributed by atoms with E-state index < -0.39 is 30.0 Å². The molecule has 2 bridgehead atoms. The maximum absolute atomic E-state index is 14.3. The number of amides is 3. The number of likely N-dealkylation sites (tertiary alicyclic amines) is 1. The number of ether oxygens (including phenoxy) is 2. The number of rotatable bonds is 11. The number of alkyl halides is 2. The van der Waals surface area contributed by atoms with Gasteiger partial charge in [0.1, 0.15) is 17.4 Å². The number of halogens is 2. The Balaban J connectivity index is 0.646. The number of hydrogen-bond acceptors (Lipinski definition) is 12. The Morgan fingerprint density at radius 2 is 1.74 bits per heavy atom. The minimum Gasteiger partial charge on any atom is -0.375 e. The van der Waals surface area contributed by atoms with Crippen LogP contribution in [-0.4, -0.2) is 126 Å². The number of nitrogens with zero attached hydrogens (tertiary/aromatic N) is 10. The molecule has 18 nitrogen and oxygen atoms in total. The highest BCUT2D eigenvalue weighted by molar-refractivity contribution is 6.08. The van der Waals surface area contributed by atoms with E-state index in [-0.39, 0.29) is 59.7 Å². The molecule has 6 fully saturated rings. The van der Waals surface area contributed by atoms with Gasteiger partial charge in [-0.05, 0) is 88.3 Å². The Labute approximate surface area is 379 Å². The standard InChI is InChI=1S/C46H56F2N12O6/c1-54-41-35(3-2-4-36(41)60(46(54)64)37-9-10-39(61)52-45(37)63)56-18-13-31(14-19-56)66-30-11-16-55(17-12-30)23-27-5-7-28(8-6-27)59-25-34(40(53-59)42(47)48)50-44(62)33-22-49-58-20-15-38(51-43(33)58)57-24-32-21-29(57)26-65-32/h2-4,15,20,22,25,27-32,37,42H,5-14,16-19,21,23-24,26H2,1H3,(H,50,62)(H,52,61,63)/t27-,28-,29-,32-,37?/m1/s1. The number of nitrogens with one attached hydrogen (secondary N) is 2. The summed E-state index contributed by atoms with van der Waals surface area (Å²) < 4.78 is 47.4. The molecule has 6 aliphatic rings. The lowest BCUT2D eigenvalue weighted by molar-refractivity contribution is -0.135. The van der Waals surface area contributed by atoms with Gasteiger partial charge in [-0.15, -0.1) is 0 Å². The van der Waals surface area contributed by atoms with Gasteiger partial charge in [0.25, 0.3) is 12.3 Å². The third kappa shape index (κ3) is 8.03. The van der Waals surface area contributed by atoms with Crippen LogP contribution in [0, 0.1) is 5.92 Å². The molecule has 1 unspecified atom stereocenters. The molecule has 66 heavy (non-hydrogen) atoms. The average Bonchev–Trinajstić information content (AvgIpc) is 4.18. The van der Waals surface area contributed by atoms with E-state index in [2.05, 4.69) is 35.5 Å². The molecule has 5 saturated heterocycles. The first kappa shape index (κ1) is 42.9. The smallest absolute Gasteiger partial charge is 0.329 e. The van der Waals surface area contributed by atoms with Crippen LogP contribution in [0.1, 0.15) is 105 Å². The lowest BCUT2D eigenvalue weighted by Crippen LogP contribution is -2.44. The van der Waals surface area contributed by atoms with Gasteiger partial charge in [0, 0.05) is 65.1 Å². The second-order valence-corrected chi connectivity index (χ2v) is 19.1. The van der Waals surface area contributed by atoms with E-state index in [0.717, 1.165) is 114 Å². The summed E-state index contributed by atoms with van der Waals surface area (Å²) in [6.07, 6.45) is 11.2. The fourth-order valence-electron chi connectivity index (χ4n) is 11.5. The first-order chi connectivity index (χ1) is 32.0. The molecule has 0 spiro atoms. The van der Waals surface area contributed by atoms with Crippen LogP contribution in [0.15, 0.2) is 47.7 Å². The number of carbonyl (C=O) groups excluding carboxylic acids is 3. The zero-order valence-electron chi connectivity index (χ0n) is 37.1. The molecule has 1 aromatic carbocycles. The second-order valence-electron chi connectivity index (χ2n) is 19.1. The molecule has 350 valence electrons. The van der Waals surface area contributed by atoms with Gasteiger partial charge < -0.3 is 29.5 Å². The number of imidazole rings is 1. The van der Waals surface area contributed by atoms with Crippen molar-refractivity contribution in [3.05, 3.63) is 64.6 Å². The number of morpholine rings is 1. The molecule has 5 aromatic rings. The highest BCUT2D eigenvalue weighted by Gasteiger charge is 2.40. The zero-order valence-corrected chi connectivity index (χ0v) is 37.1. The topological polar surface area (TPSA) is 178 Å². The number of benzene rings is 1. The molecule has 20 heteroatoms. The van der Waals surface area contributed by atoms with Crippen molar-refractivity contribution in [2.75, 3.05) is 61.0 Å². The van der Waals surface area contributed by atoms with Gasteiger partial charge in [0.05, 0.1) is 65.6 Å². The molecule has 1 aliphatic carbocycles. The zero-order chi connectivity index (χ0) is 45.2. The number of aryl methyl sites for hydroxylation is 1. The summed E-state index contributed by atoms with van der Waals surface area (Å²) in [7, 11) is 1.74. The summed E-state index contributed by atoms with van der Waals surface area (Å²) in [6.45, 7) is 5.92. The predicted octanol–water partition coefficient (Wildman–Crippen LogP) is 4.61. The van der Waals surface area contributed by atoms with Crippen LogP contribution in [0.2, 0.25) is 0 Å². The summed E-state index contributed by atoms with van der Waals surface area (Å²) in [4.78, 5) is 63.3. The SMILES string of the molecule is Cn1c(=O)n(C2CCC(=O)NC2=O)c2cccc(N3CCC(OC4CCN(C[C@H]5CC[C@H](n6cc(NC(=O)c7cnn8ccc(N9C[C@H]%10C[C@@H]9CO%10)nc78)c(C(F)F)n6)CC5)CC4)CC3)c21. The number of anilines is 3. The van der Waals surface area contributed by atoms with Crippen LogP contribution >= 0.6 is 0 Å². The average molecular weight is 911 g/mol. The molecular weight excluding hydrogens is 855 g/mol. The van der Waals surface area contributed by atoms with Gasteiger partial charge in [-0.25, -0.2) is 23.1 Å². The van der Waals surface area contributed by atoms with Crippen molar-refractivity contribution in [1.29, 1.82) is 0 Å². The van der Waals surface area contributed by atoms with Crippen molar-refractivity contribution in [2.24, 2.45) is 13.0 Å². The molecule has 9 heterocycles. The van der Waals surface area contributed by atoms with Crippen molar-refractivity contribution in [1.82, 2.24) is 43.7 Å². The highest BCUT2D eigenvalue weighted by Crippen LogP contribution is 2.37. The van der Waals surface area contributed by atoms with Crippen molar-refractivity contribution in [3.63, 3.8) is 0 Å². The van der Waals surface area contributed by atoms with E-state index in [1.807, 2.05) is 24.3 Å². The molecule has 2 N–H and O–H groups in total. The van der Waals surface area contributed by atoms with Crippen LogP contribution < -0.4 is 26.1 Å². The van der Waals surface area contributed by atoms with Crippen molar-refractivity contribution in [3.8, 4) is 0 Å². The van der Waals surface area contributed by atoms with Gasteiger partial charge in [0.2, 0.25) is 11.8 Å². The molecule has 0 radical (unpaired) electrons. The van der Waals surface area contributed by atoms with Gasteiger partial charge in [-0.2, -0.15) is 10.2 Å². The number of hydrogen-bond donors (Lipinski definition) is 2. The maximum Gasteiger partial charge on any atom is 0.329 e.